The number of hydrogen-bond acceptors (Lipinski definition) is 5. The van der Waals surface area contributed by atoms with Crippen LogP contribution in [0.2, 0.25) is 0 Å². The first kappa shape index (κ1) is 25.1. The summed E-state index contributed by atoms with van der Waals surface area (Å²) in [7, 11) is 0. The van der Waals surface area contributed by atoms with Crippen molar-refractivity contribution in [2.45, 2.75) is 32.9 Å². The summed E-state index contributed by atoms with van der Waals surface area (Å²) >= 11 is 0. The van der Waals surface area contributed by atoms with E-state index >= 15 is 0 Å². The molecule has 0 aliphatic carbocycles. The monoisotopic (exact) mass is 474 g/mol. The SMILES string of the molecule is C=C(C)C(=O)OCC(COc1ccc2cc(-c3ccccc3CC)c(=O)oc2c1)CC(F)(F)F. The van der Waals surface area contributed by atoms with E-state index < -0.39 is 36.7 Å². The van der Waals surface area contributed by atoms with Crippen LogP contribution in [0.25, 0.3) is 22.1 Å². The van der Waals surface area contributed by atoms with E-state index in [1.54, 1.807) is 18.2 Å². The molecule has 1 atom stereocenters. The van der Waals surface area contributed by atoms with Crippen LogP contribution in [0.3, 0.4) is 0 Å². The molecule has 180 valence electrons. The average Bonchev–Trinajstić information content (AvgIpc) is 2.79. The standard InChI is InChI=1S/C26H25F3O5/c1-4-18-7-5-6-8-21(18)22-11-19-9-10-20(12-23(19)34-25(22)31)32-14-17(13-26(27,28)29)15-33-24(30)16(2)3/h5-12,17H,2,4,13-15H2,1,3H3. The van der Waals surface area contributed by atoms with Crippen LogP contribution in [0.4, 0.5) is 13.2 Å². The van der Waals surface area contributed by atoms with Crippen molar-refractivity contribution in [1.29, 1.82) is 0 Å². The van der Waals surface area contributed by atoms with E-state index in [0.717, 1.165) is 17.5 Å². The number of alkyl halides is 3. The van der Waals surface area contributed by atoms with Crippen LogP contribution in [0, 0.1) is 5.92 Å². The molecule has 5 nitrogen and oxygen atoms in total. The molecular formula is C26H25F3O5. The quantitative estimate of drug-likeness (QED) is 0.213. The lowest BCUT2D eigenvalue weighted by atomic mass is 9.98. The molecule has 3 rings (SSSR count). The maximum absolute atomic E-state index is 12.9. The van der Waals surface area contributed by atoms with E-state index in [-0.39, 0.29) is 23.5 Å². The summed E-state index contributed by atoms with van der Waals surface area (Å²) in [6, 6.07) is 14.0. The molecule has 0 radical (unpaired) electrons. The largest absolute Gasteiger partial charge is 0.493 e. The van der Waals surface area contributed by atoms with Crippen molar-refractivity contribution in [2.24, 2.45) is 5.92 Å². The predicted molar refractivity (Wildman–Crippen MR) is 123 cm³/mol. The van der Waals surface area contributed by atoms with E-state index in [0.29, 0.717) is 10.9 Å². The number of esters is 1. The summed E-state index contributed by atoms with van der Waals surface area (Å²) in [5.74, 6) is -1.64. The van der Waals surface area contributed by atoms with Crippen LogP contribution < -0.4 is 10.4 Å². The number of halogens is 3. The second kappa shape index (κ2) is 10.6. The molecule has 0 amide bonds. The first-order valence-electron chi connectivity index (χ1n) is 10.8. The van der Waals surface area contributed by atoms with Gasteiger partial charge in [-0.25, -0.2) is 9.59 Å². The normalized spacial score (nSPS) is 12.4. The zero-order valence-electron chi connectivity index (χ0n) is 18.9. The average molecular weight is 474 g/mol. The number of hydrogen-bond donors (Lipinski definition) is 0. The maximum Gasteiger partial charge on any atom is 0.389 e. The lowest BCUT2D eigenvalue weighted by Gasteiger charge is -2.19. The van der Waals surface area contributed by atoms with E-state index in [1.807, 2.05) is 31.2 Å². The van der Waals surface area contributed by atoms with Crippen molar-refractivity contribution in [3.8, 4) is 16.9 Å². The Morgan fingerprint density at radius 1 is 1.09 bits per heavy atom. The molecule has 8 heteroatoms. The molecule has 0 saturated heterocycles. The van der Waals surface area contributed by atoms with Crippen molar-refractivity contribution >= 4 is 16.9 Å². The van der Waals surface area contributed by atoms with Crippen LogP contribution in [-0.4, -0.2) is 25.4 Å². The van der Waals surface area contributed by atoms with Gasteiger partial charge < -0.3 is 13.9 Å². The van der Waals surface area contributed by atoms with Crippen molar-refractivity contribution in [2.75, 3.05) is 13.2 Å². The molecule has 0 N–H and O–H groups in total. The molecule has 0 aliphatic rings. The topological polar surface area (TPSA) is 65.7 Å². The van der Waals surface area contributed by atoms with Gasteiger partial charge in [0.15, 0.2) is 0 Å². The second-order valence-electron chi connectivity index (χ2n) is 8.03. The molecule has 0 fully saturated rings. The Morgan fingerprint density at radius 3 is 2.50 bits per heavy atom. The minimum absolute atomic E-state index is 0.0946. The molecule has 0 bridgehead atoms. The highest BCUT2D eigenvalue weighted by Crippen LogP contribution is 2.29. The van der Waals surface area contributed by atoms with Gasteiger partial charge in [0.1, 0.15) is 11.3 Å². The summed E-state index contributed by atoms with van der Waals surface area (Å²) in [4.78, 5) is 24.2. The summed E-state index contributed by atoms with van der Waals surface area (Å²) in [6.07, 6.45) is -4.88. The summed E-state index contributed by atoms with van der Waals surface area (Å²) in [6.45, 7) is 6.00. The Labute approximate surface area is 194 Å². The number of benzene rings is 2. The molecule has 1 unspecified atom stereocenters. The number of rotatable bonds is 9. The van der Waals surface area contributed by atoms with Gasteiger partial charge in [-0.15, -0.1) is 0 Å². The Morgan fingerprint density at radius 2 is 1.82 bits per heavy atom. The molecule has 0 spiro atoms. The highest BCUT2D eigenvalue weighted by Gasteiger charge is 2.33. The fourth-order valence-electron chi connectivity index (χ4n) is 3.48. The predicted octanol–water partition coefficient (Wildman–Crippen LogP) is 6.09. The Balaban J connectivity index is 1.79. The van der Waals surface area contributed by atoms with Crippen molar-refractivity contribution in [1.82, 2.24) is 0 Å². The second-order valence-corrected chi connectivity index (χ2v) is 8.03. The molecule has 1 aromatic heterocycles. The third kappa shape index (κ3) is 6.50. The van der Waals surface area contributed by atoms with Gasteiger partial charge in [-0.3, -0.25) is 0 Å². The van der Waals surface area contributed by atoms with Gasteiger partial charge in [-0.2, -0.15) is 13.2 Å². The lowest BCUT2D eigenvalue weighted by Crippen LogP contribution is -2.26. The number of carbonyl (C=O) groups is 1. The van der Waals surface area contributed by atoms with Crippen LogP contribution in [0.1, 0.15) is 25.8 Å². The van der Waals surface area contributed by atoms with Gasteiger partial charge in [-0.05, 0) is 42.7 Å². The lowest BCUT2D eigenvalue weighted by molar-refractivity contribution is -0.158. The zero-order valence-corrected chi connectivity index (χ0v) is 18.9. The van der Waals surface area contributed by atoms with Crippen molar-refractivity contribution in [3.05, 3.63) is 76.7 Å². The van der Waals surface area contributed by atoms with E-state index in [9.17, 15) is 22.8 Å². The van der Waals surface area contributed by atoms with Crippen LogP contribution in [0.15, 0.2) is 69.9 Å². The third-order valence-corrected chi connectivity index (χ3v) is 5.20. The van der Waals surface area contributed by atoms with E-state index in [1.165, 1.54) is 13.0 Å². The van der Waals surface area contributed by atoms with Gasteiger partial charge in [0, 0.05) is 22.9 Å². The Bertz CT molecular complexity index is 1240. The molecule has 2 aromatic carbocycles. The van der Waals surface area contributed by atoms with Gasteiger partial charge >= 0.3 is 17.8 Å². The minimum atomic E-state index is -4.45. The van der Waals surface area contributed by atoms with Crippen molar-refractivity contribution in [3.63, 3.8) is 0 Å². The maximum atomic E-state index is 12.9. The van der Waals surface area contributed by atoms with Gasteiger partial charge in [-0.1, -0.05) is 37.8 Å². The number of fused-ring (bicyclic) bond motifs is 1. The molecular weight excluding hydrogens is 449 g/mol. The molecule has 3 aromatic rings. The van der Waals surface area contributed by atoms with Gasteiger partial charge in [0.2, 0.25) is 0 Å². The van der Waals surface area contributed by atoms with Gasteiger partial charge in [0.25, 0.3) is 0 Å². The smallest absolute Gasteiger partial charge is 0.389 e. The Kier molecular flexibility index (Phi) is 7.81. The molecule has 0 aliphatic heterocycles. The number of aryl methyl sites for hydroxylation is 1. The van der Waals surface area contributed by atoms with Crippen LogP contribution in [0.5, 0.6) is 5.75 Å². The minimum Gasteiger partial charge on any atom is -0.493 e. The highest BCUT2D eigenvalue weighted by molar-refractivity contribution is 5.87. The fourth-order valence-corrected chi connectivity index (χ4v) is 3.48. The molecule has 34 heavy (non-hydrogen) atoms. The first-order valence-corrected chi connectivity index (χ1v) is 10.8. The molecule has 1 heterocycles. The van der Waals surface area contributed by atoms with E-state index in [4.69, 9.17) is 13.9 Å². The first-order chi connectivity index (χ1) is 16.1. The van der Waals surface area contributed by atoms with E-state index in [2.05, 4.69) is 6.58 Å². The fraction of sp³-hybridized carbons (Fsp3) is 0.308. The molecule has 0 saturated carbocycles. The zero-order chi connectivity index (χ0) is 24.9. The summed E-state index contributed by atoms with van der Waals surface area (Å²) in [5.41, 5.74) is 2.06. The van der Waals surface area contributed by atoms with Crippen LogP contribution in [-0.2, 0) is 16.0 Å². The number of carbonyl (C=O) groups excluding carboxylic acids is 1. The van der Waals surface area contributed by atoms with Gasteiger partial charge in [0.05, 0.1) is 25.2 Å². The summed E-state index contributed by atoms with van der Waals surface area (Å²) in [5, 5.41) is 0.648. The third-order valence-electron chi connectivity index (χ3n) is 5.20. The Hall–Kier alpha value is -3.55. The summed E-state index contributed by atoms with van der Waals surface area (Å²) < 4.78 is 54.7. The highest BCUT2D eigenvalue weighted by atomic mass is 19.4. The van der Waals surface area contributed by atoms with Crippen LogP contribution >= 0.6 is 0 Å². The van der Waals surface area contributed by atoms with Crippen molar-refractivity contribution < 1.29 is 31.9 Å². The number of ether oxygens (including phenoxy) is 2.